The largest absolute Gasteiger partial charge is 0.482 e. The summed E-state index contributed by atoms with van der Waals surface area (Å²) in [6.07, 6.45) is 1.95. The summed E-state index contributed by atoms with van der Waals surface area (Å²) in [6.45, 7) is 3.44. The van der Waals surface area contributed by atoms with Gasteiger partial charge in [-0.25, -0.2) is 0 Å². The molecule has 1 aromatic carbocycles. The van der Waals surface area contributed by atoms with Crippen LogP contribution in [0.5, 0.6) is 5.75 Å². The molecule has 0 unspecified atom stereocenters. The average Bonchev–Trinajstić information content (AvgIpc) is 3.21. The summed E-state index contributed by atoms with van der Waals surface area (Å²) in [5.41, 5.74) is 0.0336. The van der Waals surface area contributed by atoms with E-state index in [0.29, 0.717) is 10.8 Å². The first kappa shape index (κ1) is 16.1. The van der Waals surface area contributed by atoms with Crippen molar-refractivity contribution in [3.63, 3.8) is 0 Å². The van der Waals surface area contributed by atoms with E-state index in [1.165, 1.54) is 0 Å². The highest BCUT2D eigenvalue weighted by Crippen LogP contribution is 2.39. The summed E-state index contributed by atoms with van der Waals surface area (Å²) >= 11 is 9.44. The van der Waals surface area contributed by atoms with Gasteiger partial charge in [0.1, 0.15) is 11.3 Å². The predicted molar refractivity (Wildman–Crippen MR) is 84.3 cm³/mol. The number of nitriles is 1. The number of halogens is 2. The Morgan fingerprint density at radius 3 is 2.81 bits per heavy atom. The lowest BCUT2D eigenvalue weighted by atomic mass is 9.98. The van der Waals surface area contributed by atoms with Crippen LogP contribution < -0.4 is 10.1 Å². The van der Waals surface area contributed by atoms with E-state index >= 15 is 0 Å². The maximum atomic E-state index is 12.0. The lowest BCUT2D eigenvalue weighted by Crippen LogP contribution is -2.48. The third kappa shape index (κ3) is 3.90. The van der Waals surface area contributed by atoms with Gasteiger partial charge >= 0.3 is 0 Å². The van der Waals surface area contributed by atoms with Crippen LogP contribution >= 0.6 is 27.5 Å². The molecule has 4 nitrogen and oxygen atoms in total. The van der Waals surface area contributed by atoms with Crippen molar-refractivity contribution in [1.82, 2.24) is 5.32 Å². The number of ether oxygens (including phenoxy) is 1. The highest BCUT2D eigenvalue weighted by atomic mass is 79.9. The van der Waals surface area contributed by atoms with Crippen LogP contribution in [0.4, 0.5) is 0 Å². The molecule has 1 fully saturated rings. The van der Waals surface area contributed by atoms with Gasteiger partial charge in [-0.2, -0.15) is 5.26 Å². The fourth-order valence-electron chi connectivity index (χ4n) is 2.22. The van der Waals surface area contributed by atoms with Crippen LogP contribution in [0.25, 0.3) is 0 Å². The fraction of sp³-hybridized carbons (Fsp3) is 0.467. The van der Waals surface area contributed by atoms with Crippen molar-refractivity contribution < 1.29 is 9.53 Å². The number of nitrogens with zero attached hydrogens (tertiary/aromatic N) is 1. The third-order valence-corrected chi connectivity index (χ3v) is 4.31. The SMILES string of the molecule is Cc1cc(Br)cc(Cl)c1OCC(=O)N[C@@](C)(C#N)C1CC1. The van der Waals surface area contributed by atoms with Crippen molar-refractivity contribution in [2.75, 3.05) is 6.61 Å². The number of hydrogen-bond acceptors (Lipinski definition) is 3. The molecule has 1 saturated carbocycles. The van der Waals surface area contributed by atoms with Crippen LogP contribution in [0.1, 0.15) is 25.3 Å². The molecule has 1 aliphatic rings. The average molecular weight is 372 g/mol. The Balaban J connectivity index is 1.97. The number of carbonyl (C=O) groups is 1. The number of carbonyl (C=O) groups excluding carboxylic acids is 1. The molecule has 1 atom stereocenters. The predicted octanol–water partition coefficient (Wildman–Crippen LogP) is 3.60. The topological polar surface area (TPSA) is 62.1 Å². The zero-order valence-corrected chi connectivity index (χ0v) is 14.2. The standard InChI is InChI=1S/C15H16BrClN2O2/c1-9-5-11(16)6-12(17)14(9)21-7-13(20)19-15(2,8-18)10-3-4-10/h5-6,10H,3-4,7H2,1-2H3,(H,19,20)/t15-/m0/s1. The van der Waals surface area contributed by atoms with Crippen molar-refractivity contribution in [3.05, 3.63) is 27.2 Å². The van der Waals surface area contributed by atoms with Gasteiger partial charge in [0.05, 0.1) is 11.1 Å². The number of hydrogen-bond donors (Lipinski definition) is 1. The molecular formula is C15H16BrClN2O2. The van der Waals surface area contributed by atoms with Crippen LogP contribution in [0.2, 0.25) is 5.02 Å². The zero-order chi connectivity index (χ0) is 15.6. The molecule has 112 valence electrons. The molecule has 0 aromatic heterocycles. The van der Waals surface area contributed by atoms with E-state index in [2.05, 4.69) is 27.3 Å². The molecule has 0 spiro atoms. The van der Waals surface area contributed by atoms with Gasteiger partial charge in [-0.05, 0) is 50.3 Å². The van der Waals surface area contributed by atoms with Gasteiger partial charge in [-0.1, -0.05) is 27.5 Å². The second-order valence-corrected chi connectivity index (χ2v) is 6.78. The van der Waals surface area contributed by atoms with Gasteiger partial charge in [-0.3, -0.25) is 4.79 Å². The van der Waals surface area contributed by atoms with Crippen LogP contribution in [-0.2, 0) is 4.79 Å². The lowest BCUT2D eigenvalue weighted by molar-refractivity contribution is -0.124. The molecule has 0 heterocycles. The van der Waals surface area contributed by atoms with Crippen molar-refractivity contribution in [3.8, 4) is 11.8 Å². The summed E-state index contributed by atoms with van der Waals surface area (Å²) in [4.78, 5) is 12.0. The first-order chi connectivity index (χ1) is 9.85. The summed E-state index contributed by atoms with van der Waals surface area (Å²) in [5, 5.41) is 12.4. The molecule has 1 amide bonds. The second-order valence-electron chi connectivity index (χ2n) is 5.46. The molecule has 0 bridgehead atoms. The normalized spacial score (nSPS) is 16.7. The van der Waals surface area contributed by atoms with Gasteiger partial charge in [0.25, 0.3) is 5.91 Å². The van der Waals surface area contributed by atoms with Crippen molar-refractivity contribution in [1.29, 1.82) is 5.26 Å². The maximum absolute atomic E-state index is 12.0. The van der Waals surface area contributed by atoms with Crippen molar-refractivity contribution in [2.45, 2.75) is 32.2 Å². The minimum atomic E-state index is -0.807. The molecule has 1 aromatic rings. The van der Waals surface area contributed by atoms with Gasteiger partial charge in [-0.15, -0.1) is 0 Å². The Hall–Kier alpha value is -1.25. The molecule has 1 N–H and O–H groups in total. The fourth-order valence-corrected chi connectivity index (χ4v) is 3.24. The highest BCUT2D eigenvalue weighted by Gasteiger charge is 2.43. The van der Waals surface area contributed by atoms with Crippen LogP contribution in [-0.4, -0.2) is 18.1 Å². The summed E-state index contributed by atoms with van der Waals surface area (Å²) < 4.78 is 6.35. The highest BCUT2D eigenvalue weighted by molar-refractivity contribution is 9.10. The minimum absolute atomic E-state index is 0.161. The van der Waals surface area contributed by atoms with Gasteiger partial charge in [0.15, 0.2) is 6.61 Å². The van der Waals surface area contributed by atoms with Gasteiger partial charge < -0.3 is 10.1 Å². The van der Waals surface area contributed by atoms with Gasteiger partial charge in [0, 0.05) is 4.47 Å². The molecule has 2 rings (SSSR count). The van der Waals surface area contributed by atoms with Crippen LogP contribution in [0, 0.1) is 24.2 Å². The zero-order valence-electron chi connectivity index (χ0n) is 11.9. The van der Waals surface area contributed by atoms with Crippen LogP contribution in [0.15, 0.2) is 16.6 Å². The Labute approximate surface area is 137 Å². The monoisotopic (exact) mass is 370 g/mol. The molecule has 21 heavy (non-hydrogen) atoms. The summed E-state index contributed by atoms with van der Waals surface area (Å²) in [7, 11) is 0. The Kier molecular flexibility index (Phi) is 4.80. The number of rotatable bonds is 5. The Morgan fingerprint density at radius 1 is 1.62 bits per heavy atom. The molecular weight excluding hydrogens is 356 g/mol. The lowest BCUT2D eigenvalue weighted by Gasteiger charge is -2.23. The molecule has 1 aliphatic carbocycles. The first-order valence-electron chi connectivity index (χ1n) is 6.66. The van der Waals surface area contributed by atoms with E-state index in [0.717, 1.165) is 22.9 Å². The van der Waals surface area contributed by atoms with Crippen molar-refractivity contribution >= 4 is 33.4 Å². The number of aryl methyl sites for hydroxylation is 1. The number of nitrogens with one attached hydrogen (secondary N) is 1. The quantitative estimate of drug-likeness (QED) is 0.860. The smallest absolute Gasteiger partial charge is 0.259 e. The van der Waals surface area contributed by atoms with Crippen molar-refractivity contribution in [2.24, 2.45) is 5.92 Å². The number of amides is 1. The third-order valence-electron chi connectivity index (χ3n) is 3.57. The first-order valence-corrected chi connectivity index (χ1v) is 7.83. The van der Waals surface area contributed by atoms with E-state index in [1.807, 2.05) is 13.0 Å². The summed E-state index contributed by atoms with van der Waals surface area (Å²) in [5.74, 6) is 0.411. The van der Waals surface area contributed by atoms with E-state index in [-0.39, 0.29) is 18.4 Å². The summed E-state index contributed by atoms with van der Waals surface area (Å²) in [6, 6.07) is 5.76. The van der Waals surface area contributed by atoms with E-state index < -0.39 is 5.54 Å². The second kappa shape index (κ2) is 6.25. The Morgan fingerprint density at radius 2 is 2.29 bits per heavy atom. The van der Waals surface area contributed by atoms with E-state index in [4.69, 9.17) is 16.3 Å². The van der Waals surface area contributed by atoms with Crippen LogP contribution in [0.3, 0.4) is 0 Å². The Bertz CT molecular complexity index is 587. The molecule has 0 aliphatic heterocycles. The van der Waals surface area contributed by atoms with E-state index in [1.54, 1.807) is 13.0 Å². The molecule has 0 saturated heterocycles. The maximum Gasteiger partial charge on any atom is 0.259 e. The number of benzene rings is 1. The van der Waals surface area contributed by atoms with Gasteiger partial charge in [0.2, 0.25) is 0 Å². The molecule has 6 heteroatoms. The minimum Gasteiger partial charge on any atom is -0.482 e. The van der Waals surface area contributed by atoms with E-state index in [9.17, 15) is 10.1 Å². The molecule has 0 radical (unpaired) electrons.